The molecule has 1 aromatic heterocycles. The summed E-state index contributed by atoms with van der Waals surface area (Å²) in [6.07, 6.45) is 13.0. The van der Waals surface area contributed by atoms with E-state index in [-0.39, 0.29) is 17.8 Å². The highest BCUT2D eigenvalue weighted by molar-refractivity contribution is 7.88. The lowest BCUT2D eigenvalue weighted by atomic mass is 9.78. The number of sulfonamides is 1. The quantitative estimate of drug-likeness (QED) is 0.674. The van der Waals surface area contributed by atoms with Crippen LogP contribution >= 0.6 is 0 Å². The topological polar surface area (TPSA) is 50.3 Å². The molecule has 0 spiro atoms. The van der Waals surface area contributed by atoms with E-state index in [0.29, 0.717) is 11.8 Å². The van der Waals surface area contributed by atoms with Crippen LogP contribution in [0, 0.1) is 23.6 Å². The van der Waals surface area contributed by atoms with Crippen LogP contribution in [0.15, 0.2) is 48.7 Å². The predicted molar refractivity (Wildman–Crippen MR) is 119 cm³/mol. The van der Waals surface area contributed by atoms with E-state index in [4.69, 9.17) is 0 Å². The highest BCUT2D eigenvalue weighted by Crippen LogP contribution is 2.48. The normalized spacial score (nSPS) is 26.9. The maximum absolute atomic E-state index is 13.5. The molecular formula is C24H29FN2O2S. The maximum Gasteiger partial charge on any atom is 0.211 e. The van der Waals surface area contributed by atoms with Crippen molar-refractivity contribution >= 4 is 16.1 Å². The van der Waals surface area contributed by atoms with Gasteiger partial charge >= 0.3 is 0 Å². The van der Waals surface area contributed by atoms with Crippen LogP contribution in [-0.2, 0) is 10.0 Å². The van der Waals surface area contributed by atoms with Gasteiger partial charge in [-0.15, -0.1) is 0 Å². The second kappa shape index (κ2) is 8.60. The molecule has 0 amide bonds. The Labute approximate surface area is 178 Å². The van der Waals surface area contributed by atoms with Crippen molar-refractivity contribution in [3.05, 3.63) is 60.2 Å². The van der Waals surface area contributed by atoms with Gasteiger partial charge in [-0.05, 0) is 60.4 Å². The van der Waals surface area contributed by atoms with E-state index in [1.165, 1.54) is 44.1 Å². The van der Waals surface area contributed by atoms with E-state index in [1.807, 2.05) is 24.3 Å². The summed E-state index contributed by atoms with van der Waals surface area (Å²) < 4.78 is 39.4. The van der Waals surface area contributed by atoms with Gasteiger partial charge in [-0.25, -0.2) is 17.1 Å². The number of hydrogen-bond acceptors (Lipinski definition) is 3. The zero-order valence-electron chi connectivity index (χ0n) is 17.5. The first-order valence-electron chi connectivity index (χ1n) is 10.7. The Hall–Kier alpha value is -2.05. The van der Waals surface area contributed by atoms with Gasteiger partial charge < -0.3 is 0 Å². The summed E-state index contributed by atoms with van der Waals surface area (Å²) in [4.78, 5) is 4.53. The zero-order chi connectivity index (χ0) is 21.3. The molecule has 0 radical (unpaired) electrons. The maximum atomic E-state index is 13.5. The Balaban J connectivity index is 1.55. The van der Waals surface area contributed by atoms with Crippen LogP contribution < -0.4 is 0 Å². The van der Waals surface area contributed by atoms with Crippen molar-refractivity contribution in [2.45, 2.75) is 38.1 Å². The van der Waals surface area contributed by atoms with Crippen LogP contribution in [0.25, 0.3) is 17.2 Å². The van der Waals surface area contributed by atoms with Gasteiger partial charge in [0.05, 0.1) is 11.9 Å². The Morgan fingerprint density at radius 2 is 1.93 bits per heavy atom. The van der Waals surface area contributed by atoms with Crippen LogP contribution in [0.4, 0.5) is 4.39 Å². The number of benzene rings is 1. The van der Waals surface area contributed by atoms with E-state index in [1.54, 1.807) is 23.6 Å². The molecule has 1 aromatic carbocycles. The minimum absolute atomic E-state index is 0.0101. The molecule has 4 rings (SSSR count). The van der Waals surface area contributed by atoms with Gasteiger partial charge in [0.1, 0.15) is 5.82 Å². The molecule has 160 valence electrons. The lowest BCUT2D eigenvalue weighted by molar-refractivity contribution is 0.243. The second-order valence-electron chi connectivity index (χ2n) is 8.71. The Morgan fingerprint density at radius 1 is 1.13 bits per heavy atom. The van der Waals surface area contributed by atoms with Gasteiger partial charge in [0, 0.05) is 24.8 Å². The van der Waals surface area contributed by atoms with E-state index < -0.39 is 10.0 Å². The Kier molecular flexibility index (Phi) is 6.07. The third kappa shape index (κ3) is 4.49. The van der Waals surface area contributed by atoms with Crippen molar-refractivity contribution in [3.8, 4) is 11.1 Å². The standard InChI is InChI=1S/C24H29FN2O2S/c1-27(30(2,28)29)24-15-18-6-3-4-9-22(18)23(24)13-12-21-11-10-19(16-26-21)17-7-5-8-20(25)14-17/h5,7-8,10-14,16,18,22-24H,3-4,6,9,15H2,1-2H3/b13-12+/t18-,22-,23+,24?/m0/s1. The van der Waals surface area contributed by atoms with E-state index >= 15 is 0 Å². The molecule has 0 N–H and O–H groups in total. The summed E-state index contributed by atoms with van der Waals surface area (Å²) in [6.45, 7) is 0. The molecule has 2 aliphatic rings. The first-order valence-corrected chi connectivity index (χ1v) is 12.5. The number of hydrogen-bond donors (Lipinski definition) is 0. The number of nitrogens with zero attached hydrogens (tertiary/aromatic N) is 2. The molecule has 0 saturated heterocycles. The zero-order valence-corrected chi connectivity index (χ0v) is 18.4. The molecule has 0 aliphatic heterocycles. The van der Waals surface area contributed by atoms with E-state index in [0.717, 1.165) is 23.2 Å². The molecular weight excluding hydrogens is 399 g/mol. The van der Waals surface area contributed by atoms with Crippen molar-refractivity contribution in [1.29, 1.82) is 0 Å². The van der Waals surface area contributed by atoms with E-state index in [2.05, 4.69) is 11.1 Å². The van der Waals surface area contributed by atoms with Gasteiger partial charge in [-0.2, -0.15) is 0 Å². The van der Waals surface area contributed by atoms with Crippen molar-refractivity contribution in [2.24, 2.45) is 17.8 Å². The van der Waals surface area contributed by atoms with Gasteiger partial charge in [-0.1, -0.05) is 43.5 Å². The number of halogens is 1. The molecule has 2 aromatic rings. The van der Waals surface area contributed by atoms with Gasteiger partial charge in [-0.3, -0.25) is 4.98 Å². The van der Waals surface area contributed by atoms with Crippen molar-refractivity contribution in [1.82, 2.24) is 9.29 Å². The first kappa shape index (κ1) is 21.2. The second-order valence-corrected chi connectivity index (χ2v) is 10.8. The molecule has 1 unspecified atom stereocenters. The molecule has 2 saturated carbocycles. The largest absolute Gasteiger partial charge is 0.256 e. The van der Waals surface area contributed by atoms with Gasteiger partial charge in [0.2, 0.25) is 10.0 Å². The minimum Gasteiger partial charge on any atom is -0.256 e. The summed E-state index contributed by atoms with van der Waals surface area (Å²) >= 11 is 0. The predicted octanol–water partition coefficient (Wildman–Crippen LogP) is 4.99. The molecule has 30 heavy (non-hydrogen) atoms. The molecule has 4 atom stereocenters. The molecule has 1 heterocycles. The molecule has 6 heteroatoms. The summed E-state index contributed by atoms with van der Waals surface area (Å²) in [7, 11) is -1.52. The van der Waals surface area contributed by atoms with Crippen molar-refractivity contribution < 1.29 is 12.8 Å². The minimum atomic E-state index is -3.23. The number of fused-ring (bicyclic) bond motifs is 1. The fraction of sp³-hybridized carbons (Fsp3) is 0.458. The molecule has 2 aliphatic carbocycles. The summed E-state index contributed by atoms with van der Waals surface area (Å²) in [6, 6.07) is 10.4. The van der Waals surface area contributed by atoms with Crippen LogP contribution in [0.5, 0.6) is 0 Å². The van der Waals surface area contributed by atoms with Crippen LogP contribution in [-0.4, -0.2) is 37.1 Å². The third-order valence-corrected chi connectivity index (χ3v) is 8.19. The average Bonchev–Trinajstić information content (AvgIpc) is 3.10. The third-order valence-electron chi connectivity index (χ3n) is 6.87. The Morgan fingerprint density at radius 3 is 2.63 bits per heavy atom. The van der Waals surface area contributed by atoms with Crippen LogP contribution in [0.1, 0.15) is 37.8 Å². The Bertz CT molecular complexity index is 1020. The van der Waals surface area contributed by atoms with Gasteiger partial charge in [0.25, 0.3) is 0 Å². The number of aromatic nitrogens is 1. The van der Waals surface area contributed by atoms with Crippen LogP contribution in [0.3, 0.4) is 0 Å². The monoisotopic (exact) mass is 428 g/mol. The van der Waals surface area contributed by atoms with E-state index in [9.17, 15) is 12.8 Å². The highest BCUT2D eigenvalue weighted by Gasteiger charge is 2.45. The van der Waals surface area contributed by atoms with Crippen LogP contribution in [0.2, 0.25) is 0 Å². The summed E-state index contributed by atoms with van der Waals surface area (Å²) in [5, 5.41) is 0. The average molecular weight is 429 g/mol. The fourth-order valence-electron chi connectivity index (χ4n) is 5.25. The summed E-state index contributed by atoms with van der Waals surface area (Å²) in [5.74, 6) is 1.09. The molecule has 0 bridgehead atoms. The first-order chi connectivity index (χ1) is 14.3. The highest BCUT2D eigenvalue weighted by atomic mass is 32.2. The number of pyridine rings is 1. The molecule has 4 nitrogen and oxygen atoms in total. The van der Waals surface area contributed by atoms with Crippen molar-refractivity contribution in [2.75, 3.05) is 13.3 Å². The SMILES string of the molecule is CN(C1C[C@@H]2CCCC[C@@H]2[C@H]1/C=C/c1ccc(-c2cccc(F)c2)cn1)S(C)(=O)=O. The smallest absolute Gasteiger partial charge is 0.211 e. The van der Waals surface area contributed by atoms with Gasteiger partial charge in [0.15, 0.2) is 0 Å². The lowest BCUT2D eigenvalue weighted by Gasteiger charge is -2.30. The lowest BCUT2D eigenvalue weighted by Crippen LogP contribution is -2.39. The number of rotatable bonds is 5. The molecule has 2 fully saturated rings. The summed E-state index contributed by atoms with van der Waals surface area (Å²) in [5.41, 5.74) is 2.50. The van der Waals surface area contributed by atoms with Crippen molar-refractivity contribution in [3.63, 3.8) is 0 Å². The fourth-order valence-corrected chi connectivity index (χ4v) is 5.97.